The predicted molar refractivity (Wildman–Crippen MR) is 94.6 cm³/mol. The topological polar surface area (TPSA) is 76.7 Å². The number of halogens is 4. The third kappa shape index (κ3) is 4.80. The molecule has 0 radical (unpaired) electrons. The van der Waals surface area contributed by atoms with Crippen LogP contribution in [0.2, 0.25) is 0 Å². The second kappa shape index (κ2) is 7.47. The van der Waals surface area contributed by atoms with Crippen LogP contribution in [0.5, 0.6) is 0 Å². The maximum absolute atomic E-state index is 13.5. The maximum atomic E-state index is 13.5. The quantitative estimate of drug-likeness (QED) is 0.731. The molecule has 0 aromatic heterocycles. The van der Waals surface area contributed by atoms with Crippen molar-refractivity contribution in [1.29, 1.82) is 0 Å². The van der Waals surface area contributed by atoms with Gasteiger partial charge in [-0.05, 0) is 51.8 Å². The third-order valence-electron chi connectivity index (χ3n) is 4.80. The van der Waals surface area contributed by atoms with E-state index in [1.165, 1.54) is 0 Å². The number of benzene rings is 1. The van der Waals surface area contributed by atoms with Crippen molar-refractivity contribution < 1.29 is 36.6 Å². The van der Waals surface area contributed by atoms with E-state index < -0.39 is 53.2 Å². The second-order valence-corrected chi connectivity index (χ2v) is 8.17. The van der Waals surface area contributed by atoms with Gasteiger partial charge in [-0.15, -0.1) is 0 Å². The molecule has 2 heterocycles. The van der Waals surface area contributed by atoms with Crippen LogP contribution in [0.25, 0.3) is 0 Å². The number of nitrogens with one attached hydrogen (secondary N) is 2. The fourth-order valence-electron chi connectivity index (χ4n) is 3.68. The lowest BCUT2D eigenvalue weighted by atomic mass is 9.84. The van der Waals surface area contributed by atoms with Gasteiger partial charge in [-0.1, -0.05) is 0 Å². The van der Waals surface area contributed by atoms with Crippen molar-refractivity contribution in [1.82, 2.24) is 5.32 Å². The Kier molecular flexibility index (Phi) is 5.50. The summed E-state index contributed by atoms with van der Waals surface area (Å²) in [6, 6.07) is 1.56. The highest BCUT2D eigenvalue weighted by Crippen LogP contribution is 2.40. The van der Waals surface area contributed by atoms with Crippen molar-refractivity contribution in [2.75, 3.05) is 5.32 Å². The number of hydrogen-bond donors (Lipinski definition) is 2. The third-order valence-corrected chi connectivity index (χ3v) is 4.80. The van der Waals surface area contributed by atoms with Gasteiger partial charge in [0.1, 0.15) is 11.4 Å². The molecular formula is C19H22F4N2O4. The van der Waals surface area contributed by atoms with E-state index in [2.05, 4.69) is 10.6 Å². The number of hydrogen-bond acceptors (Lipinski definition) is 4. The lowest BCUT2D eigenvalue weighted by Gasteiger charge is -2.29. The van der Waals surface area contributed by atoms with Gasteiger partial charge in [0.25, 0.3) is 0 Å². The normalized spacial score (nSPS) is 26.3. The summed E-state index contributed by atoms with van der Waals surface area (Å²) in [6.07, 6.45) is -5.22. The standard InChI is InChI=1S/C19H22F4N2O4/c1-18(2,3)29-17(27)25-15-13-7-6-12(28-13)14(15)16(26)24-9-4-5-11(20)10(8-9)19(21,22)23/h4-5,8,12-15H,6-7H2,1-3H3,(H,24,26)(H,25,27)/t12-,13+,14+,15-/m1/s1. The molecule has 2 N–H and O–H groups in total. The molecule has 160 valence electrons. The average Bonchev–Trinajstić information content (AvgIpc) is 3.15. The molecule has 2 bridgehead atoms. The molecule has 4 atom stereocenters. The molecule has 0 aliphatic carbocycles. The number of alkyl halides is 3. The minimum absolute atomic E-state index is 0.192. The molecule has 2 saturated heterocycles. The molecule has 2 aliphatic rings. The number of ether oxygens (including phenoxy) is 2. The number of alkyl carbamates (subject to hydrolysis) is 1. The van der Waals surface area contributed by atoms with E-state index in [0.29, 0.717) is 25.0 Å². The number of carbonyl (C=O) groups excluding carboxylic acids is 2. The first kappa shape index (κ1) is 21.4. The van der Waals surface area contributed by atoms with E-state index in [1.807, 2.05) is 0 Å². The van der Waals surface area contributed by atoms with Crippen LogP contribution >= 0.6 is 0 Å². The monoisotopic (exact) mass is 418 g/mol. The molecule has 2 aliphatic heterocycles. The van der Waals surface area contributed by atoms with Crippen molar-refractivity contribution >= 4 is 17.7 Å². The number of amides is 2. The van der Waals surface area contributed by atoms with Crippen LogP contribution in [0.4, 0.5) is 28.0 Å². The fourth-order valence-corrected chi connectivity index (χ4v) is 3.68. The Balaban J connectivity index is 1.74. The zero-order valence-electron chi connectivity index (χ0n) is 16.1. The second-order valence-electron chi connectivity index (χ2n) is 8.17. The Morgan fingerprint density at radius 3 is 2.41 bits per heavy atom. The van der Waals surface area contributed by atoms with Gasteiger partial charge in [-0.25, -0.2) is 9.18 Å². The van der Waals surface area contributed by atoms with Crippen LogP contribution in [0, 0.1) is 11.7 Å². The van der Waals surface area contributed by atoms with E-state index >= 15 is 0 Å². The van der Waals surface area contributed by atoms with Gasteiger partial charge in [0.15, 0.2) is 0 Å². The molecular weight excluding hydrogens is 396 g/mol. The van der Waals surface area contributed by atoms with Crippen LogP contribution in [-0.2, 0) is 20.4 Å². The summed E-state index contributed by atoms with van der Waals surface area (Å²) in [6.45, 7) is 5.09. The summed E-state index contributed by atoms with van der Waals surface area (Å²) in [4.78, 5) is 24.9. The van der Waals surface area contributed by atoms with Crippen molar-refractivity contribution in [2.24, 2.45) is 5.92 Å². The van der Waals surface area contributed by atoms with E-state index in [9.17, 15) is 27.2 Å². The van der Waals surface area contributed by atoms with Gasteiger partial charge in [0.2, 0.25) is 5.91 Å². The van der Waals surface area contributed by atoms with Crippen molar-refractivity contribution in [3.05, 3.63) is 29.6 Å². The summed E-state index contributed by atoms with van der Waals surface area (Å²) in [5.74, 6) is -2.85. The molecule has 2 amide bonds. The Hall–Kier alpha value is -2.36. The van der Waals surface area contributed by atoms with E-state index in [1.54, 1.807) is 20.8 Å². The lowest BCUT2D eigenvalue weighted by molar-refractivity contribution is -0.140. The van der Waals surface area contributed by atoms with E-state index in [4.69, 9.17) is 9.47 Å². The highest BCUT2D eigenvalue weighted by molar-refractivity contribution is 5.94. The fraction of sp³-hybridized carbons (Fsp3) is 0.579. The first-order valence-electron chi connectivity index (χ1n) is 9.18. The summed E-state index contributed by atoms with van der Waals surface area (Å²) in [5.41, 5.74) is -2.40. The van der Waals surface area contributed by atoms with Gasteiger partial charge in [0, 0.05) is 5.69 Å². The molecule has 10 heteroatoms. The molecule has 1 aromatic rings. The van der Waals surface area contributed by atoms with Crippen molar-refractivity contribution in [3.8, 4) is 0 Å². The number of carbonyl (C=O) groups is 2. The minimum atomic E-state index is -4.89. The largest absolute Gasteiger partial charge is 0.444 e. The van der Waals surface area contributed by atoms with Crippen LogP contribution in [0.15, 0.2) is 18.2 Å². The molecule has 2 fully saturated rings. The zero-order chi connectivity index (χ0) is 21.6. The van der Waals surface area contributed by atoms with Gasteiger partial charge in [-0.2, -0.15) is 13.2 Å². The highest BCUT2D eigenvalue weighted by Gasteiger charge is 2.53. The summed E-state index contributed by atoms with van der Waals surface area (Å²) < 4.78 is 63.1. The van der Waals surface area contributed by atoms with Gasteiger partial charge < -0.3 is 20.1 Å². The van der Waals surface area contributed by atoms with Crippen LogP contribution in [0.3, 0.4) is 0 Å². The van der Waals surface area contributed by atoms with Gasteiger partial charge in [-0.3, -0.25) is 4.79 Å². The summed E-state index contributed by atoms with van der Waals surface area (Å²) in [7, 11) is 0. The number of fused-ring (bicyclic) bond motifs is 2. The first-order chi connectivity index (χ1) is 13.3. The van der Waals surface area contributed by atoms with Crippen molar-refractivity contribution in [2.45, 2.75) is 63.6 Å². The number of rotatable bonds is 3. The molecule has 0 saturated carbocycles. The summed E-state index contributed by atoms with van der Waals surface area (Å²) in [5, 5.41) is 5.02. The molecule has 1 aromatic carbocycles. The maximum Gasteiger partial charge on any atom is 0.419 e. The minimum Gasteiger partial charge on any atom is -0.444 e. The molecule has 3 rings (SSSR count). The SMILES string of the molecule is CC(C)(C)OC(=O)N[C@H]1[C@@H](C(=O)Nc2ccc(F)c(C(F)(F)F)c2)[C@H]2CC[C@@H]1O2. The molecule has 6 nitrogen and oxygen atoms in total. The van der Waals surface area contributed by atoms with Crippen molar-refractivity contribution in [3.63, 3.8) is 0 Å². The Labute approximate surface area is 164 Å². The highest BCUT2D eigenvalue weighted by atomic mass is 19.4. The average molecular weight is 418 g/mol. The zero-order valence-corrected chi connectivity index (χ0v) is 16.1. The van der Waals surface area contributed by atoms with Crippen LogP contribution in [-0.4, -0.2) is 35.9 Å². The molecule has 29 heavy (non-hydrogen) atoms. The summed E-state index contributed by atoms with van der Waals surface area (Å²) >= 11 is 0. The molecule has 0 spiro atoms. The van der Waals surface area contributed by atoms with Gasteiger partial charge >= 0.3 is 12.3 Å². The Bertz CT molecular complexity index is 806. The van der Waals surface area contributed by atoms with E-state index in [-0.39, 0.29) is 11.8 Å². The van der Waals surface area contributed by atoms with E-state index in [0.717, 1.165) is 6.07 Å². The first-order valence-corrected chi connectivity index (χ1v) is 9.18. The predicted octanol–water partition coefficient (Wildman–Crippen LogP) is 3.85. The van der Waals surface area contributed by atoms with Crippen LogP contribution < -0.4 is 10.6 Å². The molecule has 0 unspecified atom stereocenters. The smallest absolute Gasteiger partial charge is 0.419 e. The van der Waals surface area contributed by atoms with Gasteiger partial charge in [0.05, 0.1) is 29.7 Å². The Morgan fingerprint density at radius 2 is 1.79 bits per heavy atom. The van der Waals surface area contributed by atoms with Crippen LogP contribution in [0.1, 0.15) is 39.2 Å². The number of anilines is 1. The Morgan fingerprint density at radius 1 is 1.14 bits per heavy atom. The lowest BCUT2D eigenvalue weighted by Crippen LogP contribution is -2.51.